The van der Waals surface area contributed by atoms with E-state index in [2.05, 4.69) is 24.4 Å². The normalized spacial score (nSPS) is 12.3. The second-order valence-corrected chi connectivity index (χ2v) is 5.38. The lowest BCUT2D eigenvalue weighted by molar-refractivity contribution is -0.380. The largest absolute Gasteiger partial charge is 0.324 e. The van der Waals surface area contributed by atoms with E-state index in [-0.39, 0.29) is 9.92 Å². The molecule has 19 heavy (non-hydrogen) atoms. The van der Waals surface area contributed by atoms with Crippen LogP contribution in [0.2, 0.25) is 0 Å². The van der Waals surface area contributed by atoms with Gasteiger partial charge >= 0.3 is 5.00 Å². The molecule has 5 heteroatoms. The Morgan fingerprint density at radius 3 is 2.74 bits per heavy atom. The third-order valence-electron chi connectivity index (χ3n) is 2.97. The van der Waals surface area contributed by atoms with Crippen molar-refractivity contribution in [3.05, 3.63) is 63.0 Å². The Hall–Kier alpha value is -1.72. The van der Waals surface area contributed by atoms with E-state index >= 15 is 0 Å². The molecule has 1 aromatic heterocycles. The summed E-state index contributed by atoms with van der Waals surface area (Å²) in [5, 5.41) is 15.9. The fourth-order valence-electron chi connectivity index (χ4n) is 1.88. The molecule has 0 aliphatic heterocycles. The molecule has 0 bridgehead atoms. The van der Waals surface area contributed by atoms with Crippen molar-refractivity contribution in [2.24, 2.45) is 0 Å². The Kier molecular flexibility index (Phi) is 4.65. The second-order valence-electron chi connectivity index (χ2n) is 4.49. The Morgan fingerprint density at radius 2 is 2.11 bits per heavy atom. The standard InChI is InChI=1S/C14H16N2O2S/c1-11(13-5-3-2-4-6-13)8-15-9-12-7-14(16(17)18)19-10-12/h2-7,10-11,15H,8-9H2,1H3. The molecule has 1 unspecified atom stereocenters. The first kappa shape index (κ1) is 13.7. The van der Waals surface area contributed by atoms with E-state index in [1.54, 1.807) is 6.07 Å². The first-order valence-corrected chi connectivity index (χ1v) is 7.02. The van der Waals surface area contributed by atoms with Gasteiger partial charge in [-0.3, -0.25) is 10.1 Å². The highest BCUT2D eigenvalue weighted by atomic mass is 32.1. The van der Waals surface area contributed by atoms with Gasteiger partial charge in [-0.2, -0.15) is 0 Å². The monoisotopic (exact) mass is 276 g/mol. The molecule has 0 saturated carbocycles. The first-order chi connectivity index (χ1) is 9.16. The Balaban J connectivity index is 1.81. The van der Waals surface area contributed by atoms with Crippen molar-refractivity contribution in [3.63, 3.8) is 0 Å². The summed E-state index contributed by atoms with van der Waals surface area (Å²) in [6, 6.07) is 11.9. The number of rotatable bonds is 6. The summed E-state index contributed by atoms with van der Waals surface area (Å²) < 4.78 is 0. The van der Waals surface area contributed by atoms with Gasteiger partial charge < -0.3 is 5.32 Å². The predicted octanol–water partition coefficient (Wildman–Crippen LogP) is 3.55. The van der Waals surface area contributed by atoms with Gasteiger partial charge in [-0.1, -0.05) is 48.6 Å². The third-order valence-corrected chi connectivity index (χ3v) is 3.90. The van der Waals surface area contributed by atoms with Gasteiger partial charge in [-0.05, 0) is 17.0 Å². The van der Waals surface area contributed by atoms with E-state index in [4.69, 9.17) is 0 Å². The lowest BCUT2D eigenvalue weighted by Crippen LogP contribution is -2.19. The van der Waals surface area contributed by atoms with Crippen molar-refractivity contribution in [1.82, 2.24) is 5.32 Å². The number of hydrogen-bond donors (Lipinski definition) is 1. The SMILES string of the molecule is CC(CNCc1csc([N+](=O)[O-])c1)c1ccccc1. The van der Waals surface area contributed by atoms with Crippen LogP contribution in [0.15, 0.2) is 41.8 Å². The van der Waals surface area contributed by atoms with Crippen molar-refractivity contribution in [2.45, 2.75) is 19.4 Å². The molecular weight excluding hydrogens is 260 g/mol. The highest BCUT2D eigenvalue weighted by Crippen LogP contribution is 2.22. The summed E-state index contributed by atoms with van der Waals surface area (Å²) in [7, 11) is 0. The molecule has 0 aliphatic rings. The van der Waals surface area contributed by atoms with Crippen LogP contribution in [0.1, 0.15) is 24.0 Å². The molecule has 1 heterocycles. The van der Waals surface area contributed by atoms with Gasteiger partial charge in [0.05, 0.1) is 4.92 Å². The van der Waals surface area contributed by atoms with Crippen LogP contribution < -0.4 is 5.32 Å². The fraction of sp³-hybridized carbons (Fsp3) is 0.286. The Labute approximate surface area is 116 Å². The molecule has 0 amide bonds. The van der Waals surface area contributed by atoms with Crippen LogP contribution in [0, 0.1) is 10.1 Å². The molecular formula is C14H16N2O2S. The molecule has 0 fully saturated rings. The summed E-state index contributed by atoms with van der Waals surface area (Å²) >= 11 is 1.17. The van der Waals surface area contributed by atoms with E-state index in [0.717, 1.165) is 12.1 Å². The van der Waals surface area contributed by atoms with Gasteiger partial charge in [-0.15, -0.1) is 0 Å². The van der Waals surface area contributed by atoms with Gasteiger partial charge in [-0.25, -0.2) is 0 Å². The molecule has 0 aliphatic carbocycles. The molecule has 100 valence electrons. The van der Waals surface area contributed by atoms with Gasteiger partial charge in [0.2, 0.25) is 0 Å². The number of nitro groups is 1. The number of thiophene rings is 1. The van der Waals surface area contributed by atoms with Gasteiger partial charge in [0, 0.05) is 24.5 Å². The molecule has 1 atom stereocenters. The van der Waals surface area contributed by atoms with Crippen LogP contribution in [0.3, 0.4) is 0 Å². The minimum Gasteiger partial charge on any atom is -0.312 e. The molecule has 2 aromatic rings. The van der Waals surface area contributed by atoms with E-state index in [1.807, 2.05) is 23.6 Å². The van der Waals surface area contributed by atoms with E-state index in [1.165, 1.54) is 16.9 Å². The number of nitrogens with zero attached hydrogens (tertiary/aromatic N) is 1. The average Bonchev–Trinajstić information content (AvgIpc) is 2.89. The quantitative estimate of drug-likeness (QED) is 0.648. The fourth-order valence-corrected chi connectivity index (χ4v) is 2.61. The lowest BCUT2D eigenvalue weighted by Gasteiger charge is -2.12. The predicted molar refractivity (Wildman–Crippen MR) is 77.5 cm³/mol. The minimum absolute atomic E-state index is 0.202. The maximum atomic E-state index is 10.6. The molecule has 0 spiro atoms. The lowest BCUT2D eigenvalue weighted by atomic mass is 10.0. The third kappa shape index (κ3) is 3.87. The smallest absolute Gasteiger partial charge is 0.312 e. The molecule has 2 rings (SSSR count). The summed E-state index contributed by atoms with van der Waals surface area (Å²) in [6.45, 7) is 3.69. The average molecular weight is 276 g/mol. The minimum atomic E-state index is -0.346. The zero-order chi connectivity index (χ0) is 13.7. The highest BCUT2D eigenvalue weighted by molar-refractivity contribution is 7.13. The zero-order valence-corrected chi connectivity index (χ0v) is 11.5. The van der Waals surface area contributed by atoms with E-state index in [9.17, 15) is 10.1 Å². The van der Waals surface area contributed by atoms with E-state index in [0.29, 0.717) is 12.5 Å². The van der Waals surface area contributed by atoms with Crippen LogP contribution in [0.25, 0.3) is 0 Å². The van der Waals surface area contributed by atoms with Crippen molar-refractivity contribution >= 4 is 16.3 Å². The highest BCUT2D eigenvalue weighted by Gasteiger charge is 2.09. The first-order valence-electron chi connectivity index (χ1n) is 6.14. The van der Waals surface area contributed by atoms with E-state index < -0.39 is 0 Å². The zero-order valence-electron chi connectivity index (χ0n) is 10.7. The van der Waals surface area contributed by atoms with Crippen molar-refractivity contribution in [3.8, 4) is 0 Å². The van der Waals surface area contributed by atoms with Crippen LogP contribution in [-0.4, -0.2) is 11.5 Å². The molecule has 1 aromatic carbocycles. The number of nitrogens with one attached hydrogen (secondary N) is 1. The topological polar surface area (TPSA) is 55.2 Å². The van der Waals surface area contributed by atoms with Crippen LogP contribution in [0.4, 0.5) is 5.00 Å². The van der Waals surface area contributed by atoms with Gasteiger partial charge in [0.25, 0.3) is 0 Å². The second kappa shape index (κ2) is 6.45. The molecule has 0 radical (unpaired) electrons. The molecule has 1 N–H and O–H groups in total. The van der Waals surface area contributed by atoms with Gasteiger partial charge in [0.15, 0.2) is 0 Å². The summed E-state index contributed by atoms with van der Waals surface area (Å²) in [5.74, 6) is 0.426. The Bertz CT molecular complexity index is 539. The van der Waals surface area contributed by atoms with Crippen LogP contribution in [0.5, 0.6) is 0 Å². The Morgan fingerprint density at radius 1 is 1.37 bits per heavy atom. The number of hydrogen-bond acceptors (Lipinski definition) is 4. The molecule has 0 saturated heterocycles. The summed E-state index contributed by atoms with van der Waals surface area (Å²) in [4.78, 5) is 10.2. The van der Waals surface area contributed by atoms with Crippen molar-refractivity contribution in [1.29, 1.82) is 0 Å². The van der Waals surface area contributed by atoms with Crippen LogP contribution >= 0.6 is 11.3 Å². The number of benzene rings is 1. The molecule has 4 nitrogen and oxygen atoms in total. The maximum Gasteiger partial charge on any atom is 0.324 e. The van der Waals surface area contributed by atoms with Gasteiger partial charge in [0.1, 0.15) is 0 Å². The maximum absolute atomic E-state index is 10.6. The van der Waals surface area contributed by atoms with Crippen molar-refractivity contribution in [2.75, 3.05) is 6.54 Å². The van der Waals surface area contributed by atoms with Crippen molar-refractivity contribution < 1.29 is 4.92 Å². The summed E-state index contributed by atoms with van der Waals surface area (Å²) in [6.07, 6.45) is 0. The van der Waals surface area contributed by atoms with Crippen LogP contribution in [-0.2, 0) is 6.54 Å². The summed E-state index contributed by atoms with van der Waals surface area (Å²) in [5.41, 5.74) is 2.27.